The van der Waals surface area contributed by atoms with Crippen LogP contribution < -0.4 is 5.73 Å². The standard InChI is InChI=1S/C27H31N/c1-3-11-25-20(4-2)18-21-16-17-24(28)19-26(21)27(25,22-12-7-5-8-13-22)23-14-9-6-10-15-23/h5-10,12-17,19-20,25H,3-4,11,18,28H2,1-2H3. The lowest BCUT2D eigenvalue weighted by atomic mass is 9.52. The van der Waals surface area contributed by atoms with Gasteiger partial charge >= 0.3 is 0 Å². The van der Waals surface area contributed by atoms with E-state index >= 15 is 0 Å². The Balaban J connectivity index is 2.12. The van der Waals surface area contributed by atoms with Gasteiger partial charge in [0.15, 0.2) is 0 Å². The topological polar surface area (TPSA) is 26.0 Å². The van der Waals surface area contributed by atoms with E-state index in [4.69, 9.17) is 5.73 Å². The maximum absolute atomic E-state index is 6.35. The molecule has 0 fully saturated rings. The molecule has 0 saturated carbocycles. The molecule has 2 atom stereocenters. The van der Waals surface area contributed by atoms with Gasteiger partial charge in [0.05, 0.1) is 0 Å². The summed E-state index contributed by atoms with van der Waals surface area (Å²) >= 11 is 0. The second-order valence-corrected chi connectivity index (χ2v) is 8.22. The van der Waals surface area contributed by atoms with E-state index in [0.29, 0.717) is 11.8 Å². The van der Waals surface area contributed by atoms with Crippen LogP contribution in [-0.2, 0) is 11.8 Å². The van der Waals surface area contributed by atoms with Crippen molar-refractivity contribution in [3.63, 3.8) is 0 Å². The highest BCUT2D eigenvalue weighted by atomic mass is 14.6. The molecule has 1 aliphatic carbocycles. The summed E-state index contributed by atoms with van der Waals surface area (Å²) in [5.74, 6) is 1.22. The van der Waals surface area contributed by atoms with Crippen LogP contribution in [0.25, 0.3) is 0 Å². The molecule has 0 aliphatic heterocycles. The lowest BCUT2D eigenvalue weighted by molar-refractivity contribution is 0.201. The van der Waals surface area contributed by atoms with Gasteiger partial charge in [-0.05, 0) is 59.1 Å². The zero-order valence-corrected chi connectivity index (χ0v) is 17.1. The van der Waals surface area contributed by atoms with Gasteiger partial charge in [0.2, 0.25) is 0 Å². The van der Waals surface area contributed by atoms with Gasteiger partial charge in [-0.1, -0.05) is 93.4 Å². The highest BCUT2D eigenvalue weighted by Gasteiger charge is 2.49. The first-order chi connectivity index (χ1) is 13.7. The summed E-state index contributed by atoms with van der Waals surface area (Å²) in [5, 5.41) is 0. The van der Waals surface area contributed by atoms with Gasteiger partial charge in [0.1, 0.15) is 0 Å². The molecule has 1 heteroatoms. The van der Waals surface area contributed by atoms with Crippen molar-refractivity contribution in [1.29, 1.82) is 0 Å². The molecule has 0 aromatic heterocycles. The summed E-state index contributed by atoms with van der Waals surface area (Å²) in [5.41, 5.74) is 12.7. The predicted octanol–water partition coefficient (Wildman–Crippen LogP) is 6.60. The zero-order valence-electron chi connectivity index (χ0n) is 17.1. The molecular weight excluding hydrogens is 338 g/mol. The van der Waals surface area contributed by atoms with Crippen LogP contribution in [0.4, 0.5) is 5.69 Å². The van der Waals surface area contributed by atoms with E-state index in [1.165, 1.54) is 41.5 Å². The van der Waals surface area contributed by atoms with E-state index in [1.54, 1.807) is 0 Å². The molecule has 1 nitrogen and oxygen atoms in total. The monoisotopic (exact) mass is 369 g/mol. The highest BCUT2D eigenvalue weighted by molar-refractivity contribution is 5.59. The minimum Gasteiger partial charge on any atom is -0.399 e. The van der Waals surface area contributed by atoms with Gasteiger partial charge < -0.3 is 5.73 Å². The molecule has 2 N–H and O–H groups in total. The molecule has 0 heterocycles. The number of anilines is 1. The zero-order chi connectivity index (χ0) is 19.6. The van der Waals surface area contributed by atoms with Crippen LogP contribution >= 0.6 is 0 Å². The molecule has 0 amide bonds. The first-order valence-electron chi connectivity index (χ1n) is 10.7. The molecule has 144 valence electrons. The fourth-order valence-electron chi connectivity index (χ4n) is 5.62. The van der Waals surface area contributed by atoms with E-state index in [1.807, 2.05) is 0 Å². The maximum Gasteiger partial charge on any atom is 0.0485 e. The predicted molar refractivity (Wildman–Crippen MR) is 120 cm³/mol. The normalized spacial score (nSPS) is 20.5. The third-order valence-electron chi connectivity index (χ3n) is 6.75. The number of rotatable bonds is 5. The quantitative estimate of drug-likeness (QED) is 0.504. The Hall–Kier alpha value is -2.54. The smallest absolute Gasteiger partial charge is 0.0485 e. The Morgan fingerprint density at radius 2 is 1.46 bits per heavy atom. The Bertz CT molecular complexity index is 874. The van der Waals surface area contributed by atoms with E-state index < -0.39 is 0 Å². The van der Waals surface area contributed by atoms with Gasteiger partial charge in [0, 0.05) is 11.1 Å². The summed E-state index contributed by atoms with van der Waals surface area (Å²) in [4.78, 5) is 0. The summed E-state index contributed by atoms with van der Waals surface area (Å²) in [6.07, 6.45) is 4.77. The van der Waals surface area contributed by atoms with Gasteiger partial charge in [-0.25, -0.2) is 0 Å². The van der Waals surface area contributed by atoms with Gasteiger partial charge in [-0.2, -0.15) is 0 Å². The van der Waals surface area contributed by atoms with Crippen LogP contribution in [0.1, 0.15) is 55.4 Å². The minimum absolute atomic E-state index is 0.151. The van der Waals surface area contributed by atoms with Crippen molar-refractivity contribution in [3.8, 4) is 0 Å². The Morgan fingerprint density at radius 3 is 2.00 bits per heavy atom. The van der Waals surface area contributed by atoms with Crippen molar-refractivity contribution >= 4 is 5.69 Å². The molecule has 2 unspecified atom stereocenters. The van der Waals surface area contributed by atoms with Crippen molar-refractivity contribution in [2.75, 3.05) is 5.73 Å². The van der Waals surface area contributed by atoms with E-state index in [9.17, 15) is 0 Å². The lowest BCUT2D eigenvalue weighted by Crippen LogP contribution is -2.46. The minimum atomic E-state index is -0.151. The van der Waals surface area contributed by atoms with Crippen LogP contribution in [0.5, 0.6) is 0 Å². The van der Waals surface area contributed by atoms with Crippen LogP contribution in [0, 0.1) is 11.8 Å². The molecule has 4 rings (SSSR count). The number of benzene rings is 3. The molecule has 0 saturated heterocycles. The van der Waals surface area contributed by atoms with Gasteiger partial charge in [-0.3, -0.25) is 0 Å². The van der Waals surface area contributed by atoms with Crippen molar-refractivity contribution in [2.45, 2.75) is 44.9 Å². The molecule has 28 heavy (non-hydrogen) atoms. The lowest BCUT2D eigenvalue weighted by Gasteiger charge is -2.50. The Morgan fingerprint density at radius 1 is 0.857 bits per heavy atom. The fraction of sp³-hybridized carbons (Fsp3) is 0.333. The van der Waals surface area contributed by atoms with Crippen LogP contribution in [0.15, 0.2) is 78.9 Å². The molecule has 3 aromatic rings. The molecule has 0 radical (unpaired) electrons. The van der Waals surface area contributed by atoms with Crippen molar-refractivity contribution in [2.24, 2.45) is 11.8 Å². The largest absolute Gasteiger partial charge is 0.399 e. The number of nitrogen functional groups attached to an aromatic ring is 1. The van der Waals surface area contributed by atoms with Crippen molar-refractivity contribution in [1.82, 2.24) is 0 Å². The molecule has 0 spiro atoms. The first kappa shape index (κ1) is 18.8. The fourth-order valence-corrected chi connectivity index (χ4v) is 5.62. The molecule has 0 bridgehead atoms. The molecule has 3 aromatic carbocycles. The van der Waals surface area contributed by atoms with E-state index in [0.717, 1.165) is 12.1 Å². The SMILES string of the molecule is CCCC1C(CC)Cc2ccc(N)cc2C1(c1ccccc1)c1ccccc1. The third kappa shape index (κ3) is 2.94. The Kier molecular flexibility index (Phi) is 5.26. The van der Waals surface area contributed by atoms with E-state index in [-0.39, 0.29) is 5.41 Å². The van der Waals surface area contributed by atoms with Crippen molar-refractivity contribution < 1.29 is 0 Å². The second-order valence-electron chi connectivity index (χ2n) is 8.22. The number of hydrogen-bond donors (Lipinski definition) is 1. The number of fused-ring (bicyclic) bond motifs is 1. The average molecular weight is 370 g/mol. The van der Waals surface area contributed by atoms with Crippen LogP contribution in [-0.4, -0.2) is 0 Å². The molecule has 1 aliphatic rings. The number of hydrogen-bond acceptors (Lipinski definition) is 1. The van der Waals surface area contributed by atoms with Crippen molar-refractivity contribution in [3.05, 3.63) is 101 Å². The Labute approximate surface area is 169 Å². The second kappa shape index (κ2) is 7.83. The highest BCUT2D eigenvalue weighted by Crippen LogP contribution is 2.55. The average Bonchev–Trinajstić information content (AvgIpc) is 2.75. The van der Waals surface area contributed by atoms with Gasteiger partial charge in [-0.15, -0.1) is 0 Å². The summed E-state index contributed by atoms with van der Waals surface area (Å²) in [6, 6.07) is 28.9. The summed E-state index contributed by atoms with van der Waals surface area (Å²) in [6.45, 7) is 4.68. The maximum atomic E-state index is 6.35. The van der Waals surface area contributed by atoms with Crippen LogP contribution in [0.3, 0.4) is 0 Å². The van der Waals surface area contributed by atoms with Crippen LogP contribution in [0.2, 0.25) is 0 Å². The van der Waals surface area contributed by atoms with Gasteiger partial charge in [0.25, 0.3) is 0 Å². The summed E-state index contributed by atoms with van der Waals surface area (Å²) < 4.78 is 0. The van der Waals surface area contributed by atoms with E-state index in [2.05, 4.69) is 92.7 Å². The first-order valence-corrected chi connectivity index (χ1v) is 10.7. The summed E-state index contributed by atoms with van der Waals surface area (Å²) in [7, 11) is 0. The third-order valence-corrected chi connectivity index (χ3v) is 6.75. The molecular formula is C27H31N. The number of nitrogens with two attached hydrogens (primary N) is 1.